The number of nitrogens with one attached hydrogen (secondary N) is 2. The first-order valence-electron chi connectivity index (χ1n) is 11.4. The average molecular weight is 494 g/mol. The number of thiazole rings is 1. The molecular weight excluding hydrogens is 466 g/mol. The van der Waals surface area contributed by atoms with Gasteiger partial charge in [-0.3, -0.25) is 30.2 Å². The lowest BCUT2D eigenvalue weighted by atomic mass is 9.97. The molecule has 3 aromatic rings. The molecule has 2 aromatic heterocycles. The molecule has 10 heteroatoms. The second-order valence-corrected chi connectivity index (χ2v) is 9.36. The summed E-state index contributed by atoms with van der Waals surface area (Å²) in [6, 6.07) is 10.3. The second kappa shape index (κ2) is 11.1. The maximum absolute atomic E-state index is 12.9. The molecule has 0 saturated carbocycles. The van der Waals surface area contributed by atoms with E-state index in [0.29, 0.717) is 24.2 Å². The highest BCUT2D eigenvalue weighted by molar-refractivity contribution is 7.09. The smallest absolute Gasteiger partial charge is 0.289 e. The first-order chi connectivity index (χ1) is 16.9. The highest BCUT2D eigenvalue weighted by atomic mass is 32.1. The van der Waals surface area contributed by atoms with Crippen molar-refractivity contribution in [2.45, 2.75) is 38.7 Å². The van der Waals surface area contributed by atoms with Gasteiger partial charge in [0, 0.05) is 47.9 Å². The minimum atomic E-state index is -0.479. The standard InChI is InChI=1S/C25H27N5O4S/c1-16(2)34-20-5-3-19(4-6-20)25(33)30-13-9-18(10-14-30)24-27-21(15-35-24)23(32)29-28-22(31)17-7-11-26-12-8-17/h3-8,11-12,15-16,18H,9-10,13-14H2,1-2H3,(H,28,31)(H,29,32). The molecule has 1 fully saturated rings. The predicted molar refractivity (Wildman–Crippen MR) is 131 cm³/mol. The number of carbonyl (C=O) groups is 3. The number of hydrogen-bond donors (Lipinski definition) is 2. The van der Waals surface area contributed by atoms with Gasteiger partial charge in [0.1, 0.15) is 11.4 Å². The molecule has 0 spiro atoms. The molecule has 1 aliphatic rings. The monoisotopic (exact) mass is 493 g/mol. The zero-order valence-corrected chi connectivity index (χ0v) is 20.4. The molecule has 1 saturated heterocycles. The van der Waals surface area contributed by atoms with Crippen LogP contribution in [0.5, 0.6) is 5.75 Å². The summed E-state index contributed by atoms with van der Waals surface area (Å²) in [5.41, 5.74) is 6.05. The fraction of sp³-hybridized carbons (Fsp3) is 0.320. The van der Waals surface area contributed by atoms with Gasteiger partial charge in [0.15, 0.2) is 0 Å². The fourth-order valence-corrected chi connectivity index (χ4v) is 4.76. The van der Waals surface area contributed by atoms with Crippen molar-refractivity contribution in [2.24, 2.45) is 0 Å². The van der Waals surface area contributed by atoms with Gasteiger partial charge < -0.3 is 9.64 Å². The number of piperidine rings is 1. The highest BCUT2D eigenvalue weighted by Gasteiger charge is 2.27. The number of nitrogens with zero attached hydrogens (tertiary/aromatic N) is 3. The maximum Gasteiger partial charge on any atom is 0.289 e. The fourth-order valence-electron chi connectivity index (χ4n) is 3.79. The van der Waals surface area contributed by atoms with Gasteiger partial charge in [-0.05, 0) is 63.1 Å². The number of likely N-dealkylation sites (tertiary alicyclic amines) is 1. The number of carbonyl (C=O) groups excluding carboxylic acids is 3. The molecule has 0 radical (unpaired) electrons. The van der Waals surface area contributed by atoms with Crippen molar-refractivity contribution in [1.29, 1.82) is 0 Å². The molecule has 2 N–H and O–H groups in total. The Bertz CT molecular complexity index is 1170. The number of benzene rings is 1. The van der Waals surface area contributed by atoms with Crippen LogP contribution in [-0.2, 0) is 0 Å². The van der Waals surface area contributed by atoms with Gasteiger partial charge in [-0.2, -0.15) is 0 Å². The van der Waals surface area contributed by atoms with E-state index in [1.165, 1.54) is 23.7 Å². The summed E-state index contributed by atoms with van der Waals surface area (Å²) in [4.78, 5) is 47.5. The molecule has 182 valence electrons. The van der Waals surface area contributed by atoms with Gasteiger partial charge >= 0.3 is 0 Å². The number of hydrazine groups is 1. The first-order valence-corrected chi connectivity index (χ1v) is 12.3. The molecule has 1 aliphatic heterocycles. The van der Waals surface area contributed by atoms with E-state index in [2.05, 4.69) is 20.8 Å². The molecule has 4 rings (SSSR count). The van der Waals surface area contributed by atoms with Crippen molar-refractivity contribution in [1.82, 2.24) is 25.7 Å². The predicted octanol–water partition coefficient (Wildman–Crippen LogP) is 3.42. The minimum Gasteiger partial charge on any atom is -0.491 e. The number of pyridine rings is 1. The van der Waals surface area contributed by atoms with E-state index in [1.807, 2.05) is 30.9 Å². The van der Waals surface area contributed by atoms with E-state index in [0.717, 1.165) is 23.6 Å². The molecule has 3 heterocycles. The molecule has 9 nitrogen and oxygen atoms in total. The van der Waals surface area contributed by atoms with Crippen LogP contribution in [0.4, 0.5) is 0 Å². The lowest BCUT2D eigenvalue weighted by Gasteiger charge is -2.31. The third-order valence-corrected chi connectivity index (χ3v) is 6.60. The summed E-state index contributed by atoms with van der Waals surface area (Å²) in [5.74, 6) is 0.0149. The Balaban J connectivity index is 1.27. The SMILES string of the molecule is CC(C)Oc1ccc(C(=O)N2CCC(c3nc(C(=O)NNC(=O)c4ccncc4)cs3)CC2)cc1. The first kappa shape index (κ1) is 24.3. The molecule has 3 amide bonds. The summed E-state index contributed by atoms with van der Waals surface area (Å²) in [6.45, 7) is 5.17. The zero-order chi connectivity index (χ0) is 24.8. The van der Waals surface area contributed by atoms with Crippen molar-refractivity contribution in [2.75, 3.05) is 13.1 Å². The van der Waals surface area contributed by atoms with E-state index in [-0.39, 0.29) is 23.6 Å². The van der Waals surface area contributed by atoms with Crippen LogP contribution in [0.2, 0.25) is 0 Å². The van der Waals surface area contributed by atoms with Crippen molar-refractivity contribution in [3.63, 3.8) is 0 Å². The molecule has 0 unspecified atom stereocenters. The summed E-state index contributed by atoms with van der Waals surface area (Å²) in [5, 5.41) is 2.54. The molecule has 0 aliphatic carbocycles. The Kier molecular flexibility index (Phi) is 7.71. The van der Waals surface area contributed by atoms with Crippen molar-refractivity contribution in [3.05, 3.63) is 76.0 Å². The third-order valence-electron chi connectivity index (χ3n) is 5.59. The van der Waals surface area contributed by atoms with Gasteiger partial charge in [0.2, 0.25) is 0 Å². The maximum atomic E-state index is 12.9. The molecule has 1 aromatic carbocycles. The minimum absolute atomic E-state index is 0.00342. The quantitative estimate of drug-likeness (QED) is 0.509. The second-order valence-electron chi connectivity index (χ2n) is 8.47. The Hall–Kier alpha value is -3.79. The lowest BCUT2D eigenvalue weighted by molar-refractivity contribution is 0.0712. The number of aromatic nitrogens is 2. The van der Waals surface area contributed by atoms with E-state index in [9.17, 15) is 14.4 Å². The summed E-state index contributed by atoms with van der Waals surface area (Å²) in [6.07, 6.45) is 4.63. The molecule has 0 atom stereocenters. The average Bonchev–Trinajstić information content (AvgIpc) is 3.38. The van der Waals surface area contributed by atoms with Crippen molar-refractivity contribution < 1.29 is 19.1 Å². The number of ether oxygens (including phenoxy) is 1. The number of rotatable bonds is 6. The van der Waals surface area contributed by atoms with E-state index in [4.69, 9.17) is 4.74 Å². The number of amides is 3. The lowest BCUT2D eigenvalue weighted by Crippen LogP contribution is -2.41. The Labute approximate surface area is 207 Å². The van der Waals surface area contributed by atoms with Crippen molar-refractivity contribution in [3.8, 4) is 5.75 Å². The van der Waals surface area contributed by atoms with E-state index < -0.39 is 11.8 Å². The van der Waals surface area contributed by atoms with Crippen molar-refractivity contribution >= 4 is 29.1 Å². The summed E-state index contributed by atoms with van der Waals surface area (Å²) in [7, 11) is 0. The normalized spacial score (nSPS) is 14.0. The summed E-state index contributed by atoms with van der Waals surface area (Å²) >= 11 is 1.42. The topological polar surface area (TPSA) is 114 Å². The molecule has 0 bridgehead atoms. The molecule has 35 heavy (non-hydrogen) atoms. The summed E-state index contributed by atoms with van der Waals surface area (Å²) < 4.78 is 5.64. The van der Waals surface area contributed by atoms with Crippen LogP contribution in [-0.4, -0.2) is 51.8 Å². The Morgan fingerprint density at radius 2 is 1.63 bits per heavy atom. The van der Waals surface area contributed by atoms with Crippen LogP contribution >= 0.6 is 11.3 Å². The van der Waals surface area contributed by atoms with Crippen LogP contribution in [0.25, 0.3) is 0 Å². The van der Waals surface area contributed by atoms with Gasteiger partial charge in [0.05, 0.1) is 11.1 Å². The van der Waals surface area contributed by atoms with Crippen LogP contribution in [0, 0.1) is 0 Å². The van der Waals surface area contributed by atoms with E-state index in [1.54, 1.807) is 29.6 Å². The zero-order valence-electron chi connectivity index (χ0n) is 19.6. The third kappa shape index (κ3) is 6.21. The Morgan fingerprint density at radius 3 is 2.29 bits per heavy atom. The molecular formula is C25H27N5O4S. The van der Waals surface area contributed by atoms with Gasteiger partial charge in [-0.15, -0.1) is 11.3 Å². The van der Waals surface area contributed by atoms with Gasteiger partial charge in [-0.1, -0.05) is 0 Å². The van der Waals surface area contributed by atoms with Gasteiger partial charge in [0.25, 0.3) is 17.7 Å². The largest absolute Gasteiger partial charge is 0.491 e. The Morgan fingerprint density at radius 1 is 0.971 bits per heavy atom. The van der Waals surface area contributed by atoms with Gasteiger partial charge in [-0.25, -0.2) is 4.98 Å². The van der Waals surface area contributed by atoms with Crippen LogP contribution in [0.3, 0.4) is 0 Å². The highest BCUT2D eigenvalue weighted by Crippen LogP contribution is 2.31. The van der Waals surface area contributed by atoms with Crippen LogP contribution in [0.1, 0.15) is 68.8 Å². The number of hydrogen-bond acceptors (Lipinski definition) is 7. The van der Waals surface area contributed by atoms with Crippen LogP contribution in [0.15, 0.2) is 54.2 Å². The van der Waals surface area contributed by atoms with E-state index >= 15 is 0 Å². The van der Waals surface area contributed by atoms with Crippen LogP contribution < -0.4 is 15.6 Å².